The van der Waals surface area contributed by atoms with Crippen molar-refractivity contribution in [3.63, 3.8) is 0 Å². The average molecular weight is 261 g/mol. The van der Waals surface area contributed by atoms with Crippen LogP contribution in [0, 0.1) is 0 Å². The Balaban J connectivity index is 2.80. The molecule has 7 nitrogen and oxygen atoms in total. The molecule has 0 saturated carbocycles. The standard InChI is InChI=1S/C12H11N3O4/c13-10(17)5-2-1-3-6-7(5)4-8(15-12(6)19)9(16)11(14)18/h1-4,9,16H,(H2,13,17)(H2,14,18)(H,15,19). The minimum atomic E-state index is -1.65. The normalized spacial score (nSPS) is 12.3. The van der Waals surface area contributed by atoms with Crippen LogP contribution in [0.15, 0.2) is 29.1 Å². The van der Waals surface area contributed by atoms with Gasteiger partial charge in [0.05, 0.1) is 5.69 Å². The molecule has 19 heavy (non-hydrogen) atoms. The second-order valence-corrected chi connectivity index (χ2v) is 3.99. The molecular weight excluding hydrogens is 250 g/mol. The summed E-state index contributed by atoms with van der Waals surface area (Å²) in [6, 6.07) is 5.78. The van der Waals surface area contributed by atoms with Crippen LogP contribution in [0.1, 0.15) is 22.2 Å². The summed E-state index contributed by atoms with van der Waals surface area (Å²) in [7, 11) is 0. The molecule has 1 atom stereocenters. The number of primary amides is 2. The molecule has 1 aromatic heterocycles. The van der Waals surface area contributed by atoms with Gasteiger partial charge in [-0.3, -0.25) is 14.4 Å². The Morgan fingerprint density at radius 1 is 1.21 bits per heavy atom. The van der Waals surface area contributed by atoms with Crippen molar-refractivity contribution in [3.05, 3.63) is 45.9 Å². The molecule has 1 aromatic carbocycles. The van der Waals surface area contributed by atoms with Crippen LogP contribution in [0.4, 0.5) is 0 Å². The van der Waals surface area contributed by atoms with Gasteiger partial charge in [-0.05, 0) is 18.2 Å². The highest BCUT2D eigenvalue weighted by atomic mass is 16.3. The van der Waals surface area contributed by atoms with E-state index in [0.29, 0.717) is 0 Å². The Kier molecular flexibility index (Phi) is 3.05. The number of fused-ring (bicyclic) bond motifs is 1. The number of aliphatic hydroxyl groups is 1. The van der Waals surface area contributed by atoms with Gasteiger partial charge in [-0.1, -0.05) is 6.07 Å². The van der Waals surface area contributed by atoms with E-state index in [1.54, 1.807) is 0 Å². The van der Waals surface area contributed by atoms with E-state index in [0.717, 1.165) is 0 Å². The predicted octanol–water partition coefficient (Wildman–Crippen LogP) is -0.854. The monoisotopic (exact) mass is 261 g/mol. The fourth-order valence-electron chi connectivity index (χ4n) is 1.82. The summed E-state index contributed by atoms with van der Waals surface area (Å²) in [5.74, 6) is -1.72. The number of amides is 2. The molecule has 0 bridgehead atoms. The third-order valence-electron chi connectivity index (χ3n) is 2.74. The van der Waals surface area contributed by atoms with Gasteiger partial charge in [0.1, 0.15) is 0 Å². The van der Waals surface area contributed by atoms with Crippen LogP contribution in [-0.2, 0) is 4.79 Å². The molecule has 0 saturated heterocycles. The number of aliphatic hydroxyl groups excluding tert-OH is 1. The van der Waals surface area contributed by atoms with Crippen LogP contribution >= 0.6 is 0 Å². The van der Waals surface area contributed by atoms with Gasteiger partial charge < -0.3 is 21.6 Å². The molecule has 0 aliphatic rings. The third-order valence-corrected chi connectivity index (χ3v) is 2.74. The van der Waals surface area contributed by atoms with E-state index in [-0.39, 0.29) is 22.0 Å². The Bertz CT molecular complexity index is 735. The van der Waals surface area contributed by atoms with Crippen molar-refractivity contribution >= 4 is 22.6 Å². The Morgan fingerprint density at radius 3 is 2.47 bits per heavy atom. The number of H-pyrrole nitrogens is 1. The van der Waals surface area contributed by atoms with E-state index in [2.05, 4.69) is 4.98 Å². The molecular formula is C12H11N3O4. The molecule has 2 aromatic rings. The SMILES string of the molecule is NC(=O)c1cccc2c(=O)[nH]c(C(O)C(N)=O)cc12. The van der Waals surface area contributed by atoms with Gasteiger partial charge >= 0.3 is 0 Å². The van der Waals surface area contributed by atoms with E-state index >= 15 is 0 Å². The zero-order valence-corrected chi connectivity index (χ0v) is 9.71. The van der Waals surface area contributed by atoms with Gasteiger partial charge in [-0.25, -0.2) is 0 Å². The highest BCUT2D eigenvalue weighted by Gasteiger charge is 2.17. The zero-order chi connectivity index (χ0) is 14.2. The van der Waals surface area contributed by atoms with Gasteiger partial charge in [0.15, 0.2) is 6.10 Å². The Hall–Kier alpha value is -2.67. The van der Waals surface area contributed by atoms with Gasteiger partial charge in [-0.15, -0.1) is 0 Å². The number of pyridine rings is 1. The van der Waals surface area contributed by atoms with Gasteiger partial charge in [-0.2, -0.15) is 0 Å². The highest BCUT2D eigenvalue weighted by molar-refractivity contribution is 6.06. The lowest BCUT2D eigenvalue weighted by Crippen LogP contribution is -2.24. The molecule has 2 amide bonds. The molecule has 0 radical (unpaired) electrons. The number of nitrogens with two attached hydrogens (primary N) is 2. The number of hydrogen-bond acceptors (Lipinski definition) is 4. The van der Waals surface area contributed by atoms with Crippen LogP contribution in [0.2, 0.25) is 0 Å². The lowest BCUT2D eigenvalue weighted by molar-refractivity contribution is -0.126. The fourth-order valence-corrected chi connectivity index (χ4v) is 1.82. The van der Waals surface area contributed by atoms with Gasteiger partial charge in [0.2, 0.25) is 5.91 Å². The minimum absolute atomic E-state index is 0.0845. The van der Waals surface area contributed by atoms with E-state index in [1.807, 2.05) is 0 Å². The fraction of sp³-hybridized carbons (Fsp3) is 0.0833. The summed E-state index contributed by atoms with van der Waals surface area (Å²) in [6.07, 6.45) is -1.65. The molecule has 0 fully saturated rings. The molecule has 2 rings (SSSR count). The quantitative estimate of drug-likeness (QED) is 0.571. The van der Waals surface area contributed by atoms with Crippen LogP contribution in [0.5, 0.6) is 0 Å². The van der Waals surface area contributed by atoms with E-state index in [4.69, 9.17) is 11.5 Å². The third kappa shape index (κ3) is 2.18. The number of carbonyl (C=O) groups is 2. The molecule has 7 heteroatoms. The number of carbonyl (C=O) groups excluding carboxylic acids is 2. The van der Waals surface area contributed by atoms with Crippen LogP contribution in [0.25, 0.3) is 10.8 Å². The molecule has 1 unspecified atom stereocenters. The summed E-state index contributed by atoms with van der Waals surface area (Å²) in [6.45, 7) is 0. The Morgan fingerprint density at radius 2 is 1.89 bits per heavy atom. The first-order valence-electron chi connectivity index (χ1n) is 5.35. The van der Waals surface area contributed by atoms with Crippen LogP contribution < -0.4 is 17.0 Å². The van der Waals surface area contributed by atoms with E-state index in [9.17, 15) is 19.5 Å². The number of rotatable bonds is 3. The average Bonchev–Trinajstić information content (AvgIpc) is 2.36. The molecule has 0 aliphatic carbocycles. The van der Waals surface area contributed by atoms with Crippen molar-refractivity contribution in [1.82, 2.24) is 4.98 Å². The number of benzene rings is 1. The number of hydrogen-bond donors (Lipinski definition) is 4. The van der Waals surface area contributed by atoms with E-state index < -0.39 is 23.5 Å². The molecule has 98 valence electrons. The maximum atomic E-state index is 11.8. The smallest absolute Gasteiger partial charge is 0.256 e. The molecule has 0 aliphatic heterocycles. The second-order valence-electron chi connectivity index (χ2n) is 3.99. The number of aromatic nitrogens is 1. The first kappa shape index (κ1) is 12.8. The van der Waals surface area contributed by atoms with Crippen molar-refractivity contribution in [2.24, 2.45) is 11.5 Å². The summed E-state index contributed by atoms with van der Waals surface area (Å²) >= 11 is 0. The molecule has 0 spiro atoms. The lowest BCUT2D eigenvalue weighted by atomic mass is 10.0. The van der Waals surface area contributed by atoms with Crippen molar-refractivity contribution in [3.8, 4) is 0 Å². The summed E-state index contributed by atoms with van der Waals surface area (Å²) in [5, 5.41) is 10.0. The van der Waals surface area contributed by atoms with Crippen LogP contribution in [-0.4, -0.2) is 21.9 Å². The highest BCUT2D eigenvalue weighted by Crippen LogP contribution is 2.19. The van der Waals surface area contributed by atoms with Crippen molar-refractivity contribution < 1.29 is 14.7 Å². The minimum Gasteiger partial charge on any atom is -0.377 e. The predicted molar refractivity (Wildman–Crippen MR) is 67.2 cm³/mol. The first-order chi connectivity index (χ1) is 8.91. The maximum absolute atomic E-state index is 11.8. The summed E-state index contributed by atoms with van der Waals surface area (Å²) in [5.41, 5.74) is 9.66. The van der Waals surface area contributed by atoms with Crippen molar-refractivity contribution in [2.45, 2.75) is 6.10 Å². The summed E-state index contributed by atoms with van der Waals surface area (Å²) < 4.78 is 0. The van der Waals surface area contributed by atoms with Crippen molar-refractivity contribution in [2.75, 3.05) is 0 Å². The maximum Gasteiger partial charge on any atom is 0.256 e. The first-order valence-corrected chi connectivity index (χ1v) is 5.35. The van der Waals surface area contributed by atoms with E-state index in [1.165, 1.54) is 24.3 Å². The van der Waals surface area contributed by atoms with Crippen LogP contribution in [0.3, 0.4) is 0 Å². The largest absolute Gasteiger partial charge is 0.377 e. The molecule has 6 N–H and O–H groups in total. The second kappa shape index (κ2) is 4.54. The zero-order valence-electron chi connectivity index (χ0n) is 9.71. The topological polar surface area (TPSA) is 139 Å². The van der Waals surface area contributed by atoms with Gasteiger partial charge in [0.25, 0.3) is 11.5 Å². The molecule has 1 heterocycles. The Labute approximate surface area is 106 Å². The lowest BCUT2D eigenvalue weighted by Gasteiger charge is -2.09. The van der Waals surface area contributed by atoms with Gasteiger partial charge in [0, 0.05) is 16.3 Å². The summed E-state index contributed by atoms with van der Waals surface area (Å²) in [4.78, 5) is 36.4. The number of nitrogens with one attached hydrogen (secondary N) is 1. The van der Waals surface area contributed by atoms with Crippen molar-refractivity contribution in [1.29, 1.82) is 0 Å². The number of aromatic amines is 1.